The van der Waals surface area contributed by atoms with Gasteiger partial charge in [-0.05, 0) is 31.9 Å². The SMILES string of the molecule is Cc1ccc(CCCC(F)(F)F)s1. The highest BCUT2D eigenvalue weighted by Crippen LogP contribution is 2.24. The van der Waals surface area contributed by atoms with Crippen molar-refractivity contribution in [3.8, 4) is 0 Å². The number of aryl methyl sites for hydroxylation is 2. The van der Waals surface area contributed by atoms with Crippen molar-refractivity contribution < 1.29 is 13.2 Å². The number of hydrogen-bond donors (Lipinski definition) is 0. The summed E-state index contributed by atoms with van der Waals surface area (Å²) >= 11 is 1.57. The van der Waals surface area contributed by atoms with Crippen LogP contribution in [-0.2, 0) is 6.42 Å². The molecule has 0 spiro atoms. The fraction of sp³-hybridized carbons (Fsp3) is 0.556. The van der Waals surface area contributed by atoms with Crippen molar-refractivity contribution in [2.24, 2.45) is 0 Å². The first kappa shape index (κ1) is 10.6. The molecule has 0 nitrogen and oxygen atoms in total. The van der Waals surface area contributed by atoms with E-state index >= 15 is 0 Å². The Balaban J connectivity index is 2.28. The lowest BCUT2D eigenvalue weighted by molar-refractivity contribution is -0.135. The summed E-state index contributed by atoms with van der Waals surface area (Å²) in [5.74, 6) is 0. The molecule has 13 heavy (non-hydrogen) atoms. The van der Waals surface area contributed by atoms with Gasteiger partial charge in [-0.25, -0.2) is 0 Å². The topological polar surface area (TPSA) is 0 Å². The molecule has 0 aliphatic heterocycles. The molecule has 0 aliphatic rings. The van der Waals surface area contributed by atoms with Crippen LogP contribution in [0.1, 0.15) is 22.6 Å². The average molecular weight is 208 g/mol. The number of rotatable bonds is 3. The minimum atomic E-state index is -4.01. The van der Waals surface area contributed by atoms with Gasteiger partial charge in [-0.2, -0.15) is 13.2 Å². The molecular weight excluding hydrogens is 197 g/mol. The molecule has 0 radical (unpaired) electrons. The van der Waals surface area contributed by atoms with Gasteiger partial charge < -0.3 is 0 Å². The van der Waals surface area contributed by atoms with E-state index in [9.17, 15) is 13.2 Å². The smallest absolute Gasteiger partial charge is 0.171 e. The van der Waals surface area contributed by atoms with Crippen LogP contribution < -0.4 is 0 Å². The van der Waals surface area contributed by atoms with Crippen LogP contribution in [0.25, 0.3) is 0 Å². The highest BCUT2D eigenvalue weighted by atomic mass is 32.1. The Morgan fingerprint density at radius 1 is 1.31 bits per heavy atom. The minimum absolute atomic E-state index is 0.198. The van der Waals surface area contributed by atoms with Gasteiger partial charge in [0.25, 0.3) is 0 Å². The van der Waals surface area contributed by atoms with Crippen LogP contribution in [0.3, 0.4) is 0 Å². The monoisotopic (exact) mass is 208 g/mol. The van der Waals surface area contributed by atoms with Crippen molar-refractivity contribution in [2.45, 2.75) is 32.4 Å². The van der Waals surface area contributed by atoms with Gasteiger partial charge in [0.2, 0.25) is 0 Å². The molecule has 1 heterocycles. The van der Waals surface area contributed by atoms with E-state index in [-0.39, 0.29) is 6.42 Å². The lowest BCUT2D eigenvalue weighted by Crippen LogP contribution is -2.06. The summed E-state index contributed by atoms with van der Waals surface area (Å²) in [6, 6.07) is 3.84. The second kappa shape index (κ2) is 4.13. The highest BCUT2D eigenvalue weighted by Gasteiger charge is 2.25. The van der Waals surface area contributed by atoms with Crippen molar-refractivity contribution in [1.82, 2.24) is 0 Å². The van der Waals surface area contributed by atoms with Crippen molar-refractivity contribution in [1.29, 1.82) is 0 Å². The number of alkyl halides is 3. The Hall–Kier alpha value is -0.510. The first-order chi connectivity index (χ1) is 5.97. The molecule has 1 aromatic rings. The fourth-order valence-corrected chi connectivity index (χ4v) is 2.01. The molecule has 0 saturated heterocycles. The maximum absolute atomic E-state index is 11.8. The molecule has 4 heteroatoms. The van der Waals surface area contributed by atoms with E-state index in [1.165, 1.54) is 0 Å². The molecule has 0 atom stereocenters. The van der Waals surface area contributed by atoms with E-state index in [0.717, 1.165) is 9.75 Å². The van der Waals surface area contributed by atoms with Gasteiger partial charge in [-0.3, -0.25) is 0 Å². The summed E-state index contributed by atoms with van der Waals surface area (Å²) in [6.07, 6.45) is -3.95. The number of halogens is 3. The maximum Gasteiger partial charge on any atom is 0.389 e. The van der Waals surface area contributed by atoms with Crippen molar-refractivity contribution in [3.05, 3.63) is 21.9 Å². The average Bonchev–Trinajstić information content (AvgIpc) is 2.33. The summed E-state index contributed by atoms with van der Waals surface area (Å²) in [4.78, 5) is 2.20. The van der Waals surface area contributed by atoms with Gasteiger partial charge in [-0.15, -0.1) is 11.3 Å². The largest absolute Gasteiger partial charge is 0.389 e. The molecule has 0 fully saturated rings. The van der Waals surface area contributed by atoms with E-state index in [4.69, 9.17) is 0 Å². The summed E-state index contributed by atoms with van der Waals surface area (Å²) in [5.41, 5.74) is 0. The Bertz CT molecular complexity index is 262. The van der Waals surface area contributed by atoms with Crippen LogP contribution >= 0.6 is 11.3 Å². The number of thiophene rings is 1. The molecule has 0 amide bonds. The highest BCUT2D eigenvalue weighted by molar-refractivity contribution is 7.11. The lowest BCUT2D eigenvalue weighted by Gasteiger charge is -2.03. The fourth-order valence-electron chi connectivity index (χ4n) is 1.08. The zero-order valence-electron chi connectivity index (χ0n) is 7.32. The molecule has 0 aliphatic carbocycles. The van der Waals surface area contributed by atoms with Gasteiger partial charge in [0.05, 0.1) is 0 Å². The molecule has 1 aromatic heterocycles. The summed E-state index contributed by atoms with van der Waals surface area (Å²) in [5, 5.41) is 0. The summed E-state index contributed by atoms with van der Waals surface area (Å²) in [7, 11) is 0. The predicted octanol–water partition coefficient (Wildman–Crippen LogP) is 3.94. The molecule has 0 unspecified atom stereocenters. The first-order valence-corrected chi connectivity index (χ1v) is 4.91. The van der Waals surface area contributed by atoms with Crippen LogP contribution in [0.4, 0.5) is 13.2 Å². The molecule has 0 aromatic carbocycles. The van der Waals surface area contributed by atoms with E-state index in [2.05, 4.69) is 0 Å². The first-order valence-electron chi connectivity index (χ1n) is 4.09. The molecule has 0 saturated carbocycles. The van der Waals surface area contributed by atoms with E-state index in [0.29, 0.717) is 6.42 Å². The van der Waals surface area contributed by atoms with Gasteiger partial charge >= 0.3 is 6.18 Å². The lowest BCUT2D eigenvalue weighted by atomic mass is 10.2. The molecule has 74 valence electrons. The third-order valence-electron chi connectivity index (χ3n) is 1.68. The zero-order chi connectivity index (χ0) is 9.90. The minimum Gasteiger partial charge on any atom is -0.171 e. The van der Waals surface area contributed by atoms with Crippen LogP contribution in [0.15, 0.2) is 12.1 Å². The third-order valence-corrected chi connectivity index (χ3v) is 2.74. The van der Waals surface area contributed by atoms with E-state index in [1.807, 2.05) is 19.1 Å². The summed E-state index contributed by atoms with van der Waals surface area (Å²) in [6.45, 7) is 1.96. The molecular formula is C9H11F3S. The van der Waals surface area contributed by atoms with Crippen molar-refractivity contribution >= 4 is 11.3 Å². The summed E-state index contributed by atoms with van der Waals surface area (Å²) < 4.78 is 35.3. The van der Waals surface area contributed by atoms with Crippen LogP contribution in [0, 0.1) is 6.92 Å². The molecule has 0 N–H and O–H groups in total. The van der Waals surface area contributed by atoms with Gasteiger partial charge in [0, 0.05) is 16.2 Å². The van der Waals surface area contributed by atoms with Crippen LogP contribution in [0.5, 0.6) is 0 Å². The van der Waals surface area contributed by atoms with Crippen molar-refractivity contribution in [2.75, 3.05) is 0 Å². The van der Waals surface area contributed by atoms with Gasteiger partial charge in [0.1, 0.15) is 0 Å². The maximum atomic E-state index is 11.8. The Kier molecular flexibility index (Phi) is 3.36. The third kappa shape index (κ3) is 4.31. The van der Waals surface area contributed by atoms with Crippen LogP contribution in [-0.4, -0.2) is 6.18 Å². The van der Waals surface area contributed by atoms with E-state index in [1.54, 1.807) is 11.3 Å². The predicted molar refractivity (Wildman–Crippen MR) is 48.0 cm³/mol. The molecule has 1 rings (SSSR count). The Morgan fingerprint density at radius 3 is 2.46 bits per heavy atom. The van der Waals surface area contributed by atoms with Crippen LogP contribution in [0.2, 0.25) is 0 Å². The Morgan fingerprint density at radius 2 is 2.00 bits per heavy atom. The second-order valence-electron chi connectivity index (χ2n) is 2.98. The van der Waals surface area contributed by atoms with Crippen molar-refractivity contribution in [3.63, 3.8) is 0 Å². The second-order valence-corrected chi connectivity index (χ2v) is 4.35. The quantitative estimate of drug-likeness (QED) is 0.705. The van der Waals surface area contributed by atoms with Gasteiger partial charge in [0.15, 0.2) is 0 Å². The normalized spacial score (nSPS) is 12.0. The Labute approximate surface area is 79.4 Å². The zero-order valence-corrected chi connectivity index (χ0v) is 8.13. The van der Waals surface area contributed by atoms with E-state index < -0.39 is 12.6 Å². The van der Waals surface area contributed by atoms with Gasteiger partial charge in [-0.1, -0.05) is 0 Å². The molecule has 0 bridgehead atoms. The number of hydrogen-bond acceptors (Lipinski definition) is 1. The standard InChI is InChI=1S/C9H11F3S/c1-7-4-5-8(13-7)3-2-6-9(10,11)12/h4-5H,2-3,6H2,1H3.